The standard InChI is InChI=1S/C16H18NO3.Y/c1-11-5-8-15(17(3)16(11)18)14-7-6-13(9-12(14)2)20-10-19-4;/h5-7,9H,10H2,1-4H3;/q-1;. The average Bonchev–Trinajstić information content (AvgIpc) is 2.44. The Balaban J connectivity index is 0.00000220. The third-order valence-corrected chi connectivity index (χ3v) is 3.20. The van der Waals surface area contributed by atoms with E-state index in [1.54, 1.807) is 31.7 Å². The molecule has 0 amide bonds. The first kappa shape index (κ1) is 18.1. The summed E-state index contributed by atoms with van der Waals surface area (Å²) in [7, 11) is 3.34. The molecule has 0 saturated carbocycles. The molecule has 4 nitrogen and oxygen atoms in total. The summed E-state index contributed by atoms with van der Waals surface area (Å²) >= 11 is 0. The predicted molar refractivity (Wildman–Crippen MR) is 77.9 cm³/mol. The van der Waals surface area contributed by atoms with Gasteiger partial charge in [-0.15, -0.1) is 6.07 Å². The molecule has 0 unspecified atom stereocenters. The van der Waals surface area contributed by atoms with Gasteiger partial charge in [-0.05, 0) is 12.1 Å². The number of ether oxygens (including phenoxy) is 2. The van der Waals surface area contributed by atoms with Crippen LogP contribution >= 0.6 is 0 Å². The van der Waals surface area contributed by atoms with Crippen LogP contribution in [0.1, 0.15) is 11.1 Å². The van der Waals surface area contributed by atoms with Crippen LogP contribution in [-0.2, 0) is 44.5 Å². The molecule has 109 valence electrons. The van der Waals surface area contributed by atoms with Crippen molar-refractivity contribution < 1.29 is 42.2 Å². The number of rotatable bonds is 4. The van der Waals surface area contributed by atoms with Crippen LogP contribution in [0.25, 0.3) is 11.3 Å². The molecule has 2 aromatic rings. The largest absolute Gasteiger partial charge is 0.468 e. The number of aryl methyl sites for hydroxylation is 2. The number of hydrogen-bond donors (Lipinski definition) is 0. The maximum atomic E-state index is 12.0. The molecule has 0 aliphatic rings. The van der Waals surface area contributed by atoms with Crippen LogP contribution in [0.4, 0.5) is 0 Å². The van der Waals surface area contributed by atoms with Crippen LogP contribution in [0.3, 0.4) is 0 Å². The Morgan fingerprint density at radius 3 is 2.57 bits per heavy atom. The molecule has 0 bridgehead atoms. The van der Waals surface area contributed by atoms with E-state index in [-0.39, 0.29) is 45.1 Å². The van der Waals surface area contributed by atoms with Gasteiger partial charge in [0.25, 0.3) is 0 Å². The van der Waals surface area contributed by atoms with Crippen molar-refractivity contribution in [3.63, 3.8) is 0 Å². The molecule has 0 saturated heterocycles. The maximum absolute atomic E-state index is 12.0. The molecule has 0 aliphatic heterocycles. The molecule has 2 rings (SSSR count). The molecule has 0 fully saturated rings. The predicted octanol–water partition coefficient (Wildman–Crippen LogP) is 2.45. The summed E-state index contributed by atoms with van der Waals surface area (Å²) in [4.78, 5) is 12.0. The third-order valence-electron chi connectivity index (χ3n) is 3.20. The van der Waals surface area contributed by atoms with E-state index in [1.165, 1.54) is 0 Å². The van der Waals surface area contributed by atoms with Gasteiger partial charge in [-0.3, -0.25) is 4.79 Å². The van der Waals surface area contributed by atoms with Crippen molar-refractivity contribution in [3.05, 3.63) is 51.8 Å². The first-order valence-corrected chi connectivity index (χ1v) is 6.35. The van der Waals surface area contributed by atoms with Gasteiger partial charge in [-0.25, -0.2) is 0 Å². The van der Waals surface area contributed by atoms with E-state index >= 15 is 0 Å². The van der Waals surface area contributed by atoms with Crippen LogP contribution in [0.15, 0.2) is 29.1 Å². The van der Waals surface area contributed by atoms with E-state index in [1.807, 2.05) is 25.1 Å². The van der Waals surface area contributed by atoms with Gasteiger partial charge < -0.3 is 14.0 Å². The molecule has 1 aromatic heterocycles. The normalized spacial score (nSPS) is 10.1. The second-order valence-corrected chi connectivity index (χ2v) is 4.71. The van der Waals surface area contributed by atoms with Crippen LogP contribution < -0.4 is 10.3 Å². The molecule has 1 heterocycles. The Bertz CT molecular complexity index is 680. The van der Waals surface area contributed by atoms with Gasteiger partial charge in [0, 0.05) is 46.9 Å². The summed E-state index contributed by atoms with van der Waals surface area (Å²) in [5.41, 5.74) is 3.45. The molecular formula is C16H18NO3Y-. The number of nitrogens with zero attached hydrogens (tertiary/aromatic N) is 1. The van der Waals surface area contributed by atoms with Gasteiger partial charge in [0.05, 0.1) is 0 Å². The van der Waals surface area contributed by atoms with Crippen LogP contribution in [0, 0.1) is 19.9 Å². The summed E-state index contributed by atoms with van der Waals surface area (Å²) in [6.07, 6.45) is 0. The number of pyridine rings is 1. The molecule has 0 atom stereocenters. The van der Waals surface area contributed by atoms with E-state index in [0.717, 1.165) is 22.6 Å². The first-order valence-electron chi connectivity index (χ1n) is 6.35. The zero-order valence-electron chi connectivity index (χ0n) is 12.8. The van der Waals surface area contributed by atoms with Gasteiger partial charge in [0.15, 0.2) is 12.4 Å². The SMILES string of the molecule is COCOc1ccc(-c2[c-]cc(C)c(=O)n2C)c(C)c1.[Y]. The topological polar surface area (TPSA) is 40.5 Å². The summed E-state index contributed by atoms with van der Waals surface area (Å²) in [6, 6.07) is 10.6. The number of methoxy groups -OCH3 is 1. The van der Waals surface area contributed by atoms with Gasteiger partial charge in [0.2, 0.25) is 0 Å². The van der Waals surface area contributed by atoms with E-state index in [2.05, 4.69) is 6.07 Å². The van der Waals surface area contributed by atoms with Crippen molar-refractivity contribution in [2.75, 3.05) is 13.9 Å². The first-order chi connectivity index (χ1) is 9.54. The number of hydrogen-bond acceptors (Lipinski definition) is 3. The minimum absolute atomic E-state index is 0. The molecule has 1 aromatic carbocycles. The van der Waals surface area contributed by atoms with Crippen molar-refractivity contribution in [3.8, 4) is 17.0 Å². The maximum Gasteiger partial charge on any atom is 0.197 e. The van der Waals surface area contributed by atoms with E-state index in [9.17, 15) is 4.79 Å². The Morgan fingerprint density at radius 2 is 1.95 bits per heavy atom. The minimum atomic E-state index is -0.00198. The molecule has 5 heteroatoms. The molecule has 21 heavy (non-hydrogen) atoms. The second-order valence-electron chi connectivity index (χ2n) is 4.71. The van der Waals surface area contributed by atoms with E-state index in [0.29, 0.717) is 5.56 Å². The van der Waals surface area contributed by atoms with E-state index in [4.69, 9.17) is 9.47 Å². The monoisotopic (exact) mass is 361 g/mol. The number of benzene rings is 1. The molecule has 1 radical (unpaired) electrons. The van der Waals surface area contributed by atoms with Crippen LogP contribution in [0.5, 0.6) is 5.75 Å². The average molecular weight is 361 g/mol. The Kier molecular flexibility index (Phi) is 6.78. The van der Waals surface area contributed by atoms with Crippen molar-refractivity contribution >= 4 is 0 Å². The Hall–Kier alpha value is -0.966. The van der Waals surface area contributed by atoms with Crippen LogP contribution in [0.2, 0.25) is 0 Å². The quantitative estimate of drug-likeness (QED) is 0.621. The van der Waals surface area contributed by atoms with Gasteiger partial charge in [0.1, 0.15) is 5.75 Å². The second kappa shape index (κ2) is 7.88. The summed E-state index contributed by atoms with van der Waals surface area (Å²) in [6.45, 7) is 3.98. The minimum Gasteiger partial charge on any atom is -0.468 e. The van der Waals surface area contributed by atoms with Gasteiger partial charge in [-0.1, -0.05) is 36.2 Å². The molecule has 0 N–H and O–H groups in total. The fourth-order valence-corrected chi connectivity index (χ4v) is 2.08. The summed E-state index contributed by atoms with van der Waals surface area (Å²) < 4.78 is 11.9. The van der Waals surface area contributed by atoms with E-state index < -0.39 is 0 Å². The molecule has 0 aliphatic carbocycles. The third kappa shape index (κ3) is 4.03. The van der Waals surface area contributed by atoms with Gasteiger partial charge >= 0.3 is 0 Å². The summed E-state index contributed by atoms with van der Waals surface area (Å²) in [5, 5.41) is 0. The Morgan fingerprint density at radius 1 is 1.24 bits per heavy atom. The fraction of sp³-hybridized carbons (Fsp3) is 0.312. The van der Waals surface area contributed by atoms with Crippen molar-refractivity contribution in [1.29, 1.82) is 0 Å². The fourth-order valence-electron chi connectivity index (χ4n) is 2.08. The van der Waals surface area contributed by atoms with Crippen molar-refractivity contribution in [1.82, 2.24) is 4.57 Å². The smallest absolute Gasteiger partial charge is 0.197 e. The van der Waals surface area contributed by atoms with Gasteiger partial charge in [-0.2, -0.15) is 12.1 Å². The van der Waals surface area contributed by atoms with Crippen molar-refractivity contribution in [2.45, 2.75) is 13.8 Å². The van der Waals surface area contributed by atoms with Crippen molar-refractivity contribution in [2.24, 2.45) is 7.05 Å². The zero-order chi connectivity index (χ0) is 14.7. The Labute approximate surface area is 150 Å². The molecule has 0 spiro atoms. The zero-order valence-corrected chi connectivity index (χ0v) is 15.6. The molecular weight excluding hydrogens is 343 g/mol. The number of aromatic nitrogens is 1. The summed E-state index contributed by atoms with van der Waals surface area (Å²) in [5.74, 6) is 0.741. The van der Waals surface area contributed by atoms with Crippen LogP contribution in [-0.4, -0.2) is 18.5 Å².